The van der Waals surface area contributed by atoms with E-state index in [9.17, 15) is 57.8 Å². The van der Waals surface area contributed by atoms with Gasteiger partial charge in [0.1, 0.15) is 0 Å². The van der Waals surface area contributed by atoms with Crippen molar-refractivity contribution < 1.29 is 67.6 Å². The van der Waals surface area contributed by atoms with E-state index in [4.69, 9.17) is 9.84 Å². The molecule has 310 valence electrons. The molecular formula is C32H57N5O14P2S. The second-order valence-corrected chi connectivity index (χ2v) is 18.1. The third-order valence-corrected chi connectivity index (χ3v) is 13.5. The molecule has 0 saturated carbocycles. The van der Waals surface area contributed by atoms with Crippen LogP contribution in [0.3, 0.4) is 0 Å². The van der Waals surface area contributed by atoms with Crippen molar-refractivity contribution in [1.82, 2.24) is 26.2 Å². The molecule has 0 aromatic rings. The molecule has 22 heteroatoms. The Morgan fingerprint density at radius 2 is 1.52 bits per heavy atom. The van der Waals surface area contributed by atoms with E-state index in [1.807, 2.05) is 0 Å². The zero-order valence-electron chi connectivity index (χ0n) is 30.7. The predicted molar refractivity (Wildman–Crippen MR) is 201 cm³/mol. The van der Waals surface area contributed by atoms with E-state index in [0.29, 0.717) is 75.4 Å². The minimum absolute atomic E-state index is 0.00736. The average Bonchev–Trinajstić information content (AvgIpc) is 3.35. The summed E-state index contributed by atoms with van der Waals surface area (Å²) in [5.74, 6) is -1.05. The molecule has 1 heterocycles. The molecule has 2 atom stereocenters. The Labute approximate surface area is 319 Å². The number of hydrogen-bond acceptors (Lipinski definition) is 13. The number of thioether (sulfide) groups is 1. The first-order valence-electron chi connectivity index (χ1n) is 17.6. The molecule has 19 nitrogen and oxygen atoms in total. The SMILES string of the molecule is C=C(CCCSC1CC(=O)N(CCC(=O)NCCCC[C@H](NC(=O)CCC(=C)NCCOCCO)C(C)=O)C1=O)NCCCC(O)(P(=O)(O)O)P(=O)(O)O. The van der Waals surface area contributed by atoms with Crippen LogP contribution in [0.1, 0.15) is 77.6 Å². The Hall–Kier alpha value is -2.64. The molecule has 1 fully saturated rings. The number of carbonyl (C=O) groups is 5. The van der Waals surface area contributed by atoms with Gasteiger partial charge in [0.05, 0.1) is 31.1 Å². The molecule has 0 spiro atoms. The topological polar surface area (TPSA) is 301 Å². The van der Waals surface area contributed by atoms with E-state index < -0.39 is 38.0 Å². The van der Waals surface area contributed by atoms with Gasteiger partial charge in [-0.15, -0.1) is 11.8 Å². The van der Waals surface area contributed by atoms with Gasteiger partial charge in [0.2, 0.25) is 23.6 Å². The molecule has 1 aliphatic rings. The summed E-state index contributed by atoms with van der Waals surface area (Å²) in [7, 11) is -11.0. The summed E-state index contributed by atoms with van der Waals surface area (Å²) in [6.07, 6.45) is 1.95. The summed E-state index contributed by atoms with van der Waals surface area (Å²) >= 11 is 1.29. The molecule has 0 bridgehead atoms. The number of aliphatic hydroxyl groups excluding tert-OH is 1. The van der Waals surface area contributed by atoms with Crippen LogP contribution in [-0.2, 0) is 37.8 Å². The summed E-state index contributed by atoms with van der Waals surface area (Å²) < 4.78 is 28.0. The van der Waals surface area contributed by atoms with Gasteiger partial charge in [0, 0.05) is 63.3 Å². The Balaban J connectivity index is 2.27. The first-order valence-corrected chi connectivity index (χ1v) is 21.9. The number of imide groups is 1. The normalized spacial score (nSPS) is 15.5. The van der Waals surface area contributed by atoms with Crippen molar-refractivity contribution in [3.8, 4) is 0 Å². The molecule has 0 aromatic heterocycles. The lowest BCUT2D eigenvalue weighted by molar-refractivity contribution is -0.138. The van der Waals surface area contributed by atoms with Gasteiger partial charge in [-0.1, -0.05) is 13.2 Å². The fourth-order valence-electron chi connectivity index (χ4n) is 5.14. The minimum Gasteiger partial charge on any atom is -0.394 e. The van der Waals surface area contributed by atoms with Crippen LogP contribution in [-0.4, -0.2) is 132 Å². The summed E-state index contributed by atoms with van der Waals surface area (Å²) in [6.45, 7) is 10.4. The van der Waals surface area contributed by atoms with Crippen LogP contribution in [0, 0.1) is 0 Å². The predicted octanol–water partition coefficient (Wildman–Crippen LogP) is 0.155. The van der Waals surface area contributed by atoms with Crippen molar-refractivity contribution in [1.29, 1.82) is 0 Å². The van der Waals surface area contributed by atoms with Gasteiger partial charge >= 0.3 is 15.2 Å². The highest BCUT2D eigenvalue weighted by atomic mass is 32.2. The molecule has 1 saturated heterocycles. The second-order valence-electron chi connectivity index (χ2n) is 12.7. The quantitative estimate of drug-likeness (QED) is 0.0253. The lowest BCUT2D eigenvalue weighted by Gasteiger charge is -2.29. The Morgan fingerprint density at radius 3 is 2.15 bits per heavy atom. The van der Waals surface area contributed by atoms with Gasteiger partial charge in [0.15, 0.2) is 5.78 Å². The first kappa shape index (κ1) is 49.4. The smallest absolute Gasteiger partial charge is 0.369 e. The zero-order valence-corrected chi connectivity index (χ0v) is 33.3. The van der Waals surface area contributed by atoms with Crippen molar-refractivity contribution in [2.24, 2.45) is 0 Å². The van der Waals surface area contributed by atoms with Crippen LogP contribution in [0.2, 0.25) is 0 Å². The number of aliphatic hydroxyl groups is 2. The number of rotatable bonds is 31. The standard InChI is InChI=1S/C32H57N5O14P2S/c1-23(33-15-7-13-32(44,52(45,46)47)53(48,49)50)8-6-21-54-27-22-30(42)37(31(27)43)17-12-28(40)35-14-5-4-9-26(25(3)39)36-29(41)11-10-24(2)34-16-19-51-20-18-38/h26-27,33-34,38,44H,1-2,4-22H2,3H3,(H,35,40)(H,36,41)(H2,45,46,47)(H2,48,49,50)/t26-,27?/m0/s1. The van der Waals surface area contributed by atoms with Gasteiger partial charge in [-0.05, 0) is 57.6 Å². The number of unbranched alkanes of at least 4 members (excludes halogenated alkanes) is 1. The first-order chi connectivity index (χ1) is 25.2. The Bertz CT molecular complexity index is 1370. The highest BCUT2D eigenvalue weighted by Gasteiger charge is 2.58. The summed E-state index contributed by atoms with van der Waals surface area (Å²) in [5, 5.41) is 25.9. The van der Waals surface area contributed by atoms with Crippen molar-refractivity contribution >= 4 is 56.4 Å². The van der Waals surface area contributed by atoms with Crippen LogP contribution in [0.4, 0.5) is 0 Å². The van der Waals surface area contributed by atoms with Crippen molar-refractivity contribution in [2.45, 2.75) is 93.9 Å². The number of nitrogens with zero attached hydrogens (tertiary/aromatic N) is 1. The number of hydrogen-bond donors (Lipinski definition) is 10. The van der Waals surface area contributed by atoms with Crippen molar-refractivity contribution in [3.05, 3.63) is 24.6 Å². The van der Waals surface area contributed by atoms with Gasteiger partial charge in [0.25, 0.3) is 5.08 Å². The summed E-state index contributed by atoms with van der Waals surface area (Å²) in [5.41, 5.74) is 1.18. The third kappa shape index (κ3) is 18.3. The summed E-state index contributed by atoms with van der Waals surface area (Å²) in [6, 6.07) is -0.654. The fourth-order valence-corrected chi connectivity index (χ4v) is 8.52. The number of ether oxygens (including phenoxy) is 1. The maximum atomic E-state index is 12.8. The van der Waals surface area contributed by atoms with Crippen LogP contribution in [0.5, 0.6) is 0 Å². The maximum absolute atomic E-state index is 12.8. The van der Waals surface area contributed by atoms with Gasteiger partial charge in [-0.3, -0.25) is 38.0 Å². The van der Waals surface area contributed by atoms with E-state index in [2.05, 4.69) is 34.4 Å². The maximum Gasteiger partial charge on any atom is 0.369 e. The molecule has 10 N–H and O–H groups in total. The number of Topliss-reactive ketones (excluding diaryl/α,β-unsaturated/α-hetero) is 1. The highest BCUT2D eigenvalue weighted by Crippen LogP contribution is 2.69. The Morgan fingerprint density at radius 1 is 0.889 bits per heavy atom. The lowest BCUT2D eigenvalue weighted by Crippen LogP contribution is -2.40. The number of amides is 4. The Kier molecular flexibility index (Phi) is 22.7. The monoisotopic (exact) mass is 829 g/mol. The molecule has 0 aliphatic carbocycles. The number of ketones is 1. The van der Waals surface area contributed by atoms with Crippen LogP contribution in [0.15, 0.2) is 24.6 Å². The van der Waals surface area contributed by atoms with E-state index in [1.165, 1.54) is 18.7 Å². The molecular weight excluding hydrogens is 772 g/mol. The van der Waals surface area contributed by atoms with E-state index in [-0.39, 0.29) is 81.4 Å². The summed E-state index contributed by atoms with van der Waals surface area (Å²) in [4.78, 5) is 100.0. The molecule has 0 radical (unpaired) electrons. The zero-order chi connectivity index (χ0) is 41.0. The van der Waals surface area contributed by atoms with Crippen molar-refractivity contribution in [2.75, 3.05) is 51.8 Å². The molecule has 0 aromatic carbocycles. The van der Waals surface area contributed by atoms with E-state index >= 15 is 0 Å². The largest absolute Gasteiger partial charge is 0.394 e. The van der Waals surface area contributed by atoms with Crippen molar-refractivity contribution in [3.63, 3.8) is 0 Å². The van der Waals surface area contributed by atoms with E-state index in [1.54, 1.807) is 0 Å². The molecule has 1 rings (SSSR count). The van der Waals surface area contributed by atoms with Crippen LogP contribution < -0.4 is 21.3 Å². The number of carbonyl (C=O) groups excluding carboxylic acids is 5. The number of allylic oxidation sites excluding steroid dienone is 2. The molecule has 1 unspecified atom stereocenters. The lowest BCUT2D eigenvalue weighted by atomic mass is 10.1. The van der Waals surface area contributed by atoms with Gasteiger partial charge in [-0.2, -0.15) is 0 Å². The third-order valence-electron chi connectivity index (χ3n) is 8.28. The van der Waals surface area contributed by atoms with Crippen LogP contribution >= 0.6 is 27.0 Å². The number of nitrogens with one attached hydrogen (secondary N) is 4. The number of likely N-dealkylation sites (tertiary alicyclic amines) is 1. The second kappa shape index (κ2) is 24.8. The molecule has 1 aliphatic heterocycles. The fraction of sp³-hybridized carbons (Fsp3) is 0.719. The van der Waals surface area contributed by atoms with Gasteiger partial charge < -0.3 is 55.8 Å². The minimum atomic E-state index is -5.51. The van der Waals surface area contributed by atoms with Crippen LogP contribution in [0.25, 0.3) is 0 Å². The molecule has 4 amide bonds. The van der Waals surface area contributed by atoms with Gasteiger partial charge in [-0.25, -0.2) is 0 Å². The average molecular weight is 830 g/mol. The molecule has 54 heavy (non-hydrogen) atoms. The van der Waals surface area contributed by atoms with E-state index in [0.717, 1.165) is 4.90 Å². The highest BCUT2D eigenvalue weighted by molar-refractivity contribution is 8.00.